The summed E-state index contributed by atoms with van der Waals surface area (Å²) in [4.78, 5) is 32.0. The van der Waals surface area contributed by atoms with Gasteiger partial charge in [0.1, 0.15) is 17.6 Å². The van der Waals surface area contributed by atoms with Gasteiger partial charge < -0.3 is 9.84 Å². The minimum Gasteiger partial charge on any atom is -0.497 e. The number of carbonyl (C=O) groups excluding carboxylic acids is 1. The van der Waals surface area contributed by atoms with Crippen molar-refractivity contribution in [1.82, 2.24) is 10.9 Å². The minimum absolute atomic E-state index is 0.220. The van der Waals surface area contributed by atoms with E-state index >= 15 is 0 Å². The van der Waals surface area contributed by atoms with Crippen molar-refractivity contribution in [2.45, 2.75) is 19.4 Å². The van der Waals surface area contributed by atoms with Gasteiger partial charge in [-0.05, 0) is 30.3 Å². The van der Waals surface area contributed by atoms with Gasteiger partial charge in [0.2, 0.25) is 5.91 Å². The summed E-state index contributed by atoms with van der Waals surface area (Å²) in [5.74, 6) is -0.565. The molecule has 1 amide bonds. The summed E-state index contributed by atoms with van der Waals surface area (Å²) >= 11 is 6.01. The number of halogens is 1. The van der Waals surface area contributed by atoms with Gasteiger partial charge in [-0.1, -0.05) is 23.7 Å². The van der Waals surface area contributed by atoms with Crippen molar-refractivity contribution < 1.29 is 19.4 Å². The van der Waals surface area contributed by atoms with Gasteiger partial charge in [-0.25, -0.2) is 4.99 Å². The molecule has 0 saturated heterocycles. The zero-order chi connectivity index (χ0) is 21.0. The number of methoxy groups -OCH3 is 1. The van der Waals surface area contributed by atoms with E-state index in [9.17, 15) is 14.7 Å². The first-order valence-electron chi connectivity index (χ1n) is 8.72. The van der Waals surface area contributed by atoms with Crippen LogP contribution in [0.3, 0.4) is 0 Å². The lowest BCUT2D eigenvalue weighted by Gasteiger charge is -2.15. The molecule has 1 atom stereocenters. The summed E-state index contributed by atoms with van der Waals surface area (Å²) in [6.45, 7) is 1.33. The molecule has 1 unspecified atom stereocenters. The molecule has 0 bridgehead atoms. The highest BCUT2D eigenvalue weighted by Crippen LogP contribution is 2.31. The number of hydrogen-bond acceptors (Lipinski definition) is 6. The largest absolute Gasteiger partial charge is 0.497 e. The SMILES string of the molecule is COc1ccc2c(c1)C(c1ccc(Cl)cc1)=NC(CC(=O)O)C(NNC(C)=O)=N2. The van der Waals surface area contributed by atoms with E-state index in [0.29, 0.717) is 27.7 Å². The van der Waals surface area contributed by atoms with Crippen molar-refractivity contribution in [3.05, 3.63) is 58.6 Å². The molecule has 3 N–H and O–H groups in total. The maximum absolute atomic E-state index is 11.4. The topological polar surface area (TPSA) is 112 Å². The van der Waals surface area contributed by atoms with Crippen LogP contribution in [-0.2, 0) is 9.59 Å². The number of fused-ring (bicyclic) bond motifs is 1. The van der Waals surface area contributed by atoms with Gasteiger partial charge >= 0.3 is 5.97 Å². The smallest absolute Gasteiger partial charge is 0.306 e. The maximum atomic E-state index is 11.4. The summed E-state index contributed by atoms with van der Waals surface area (Å²) in [7, 11) is 1.55. The van der Waals surface area contributed by atoms with Crippen molar-refractivity contribution in [3.63, 3.8) is 0 Å². The number of hydrogen-bond donors (Lipinski definition) is 3. The van der Waals surface area contributed by atoms with Crippen LogP contribution in [0.1, 0.15) is 24.5 Å². The Balaban J connectivity index is 2.19. The predicted molar refractivity (Wildman–Crippen MR) is 110 cm³/mol. The molecule has 0 fully saturated rings. The van der Waals surface area contributed by atoms with Crippen LogP contribution in [-0.4, -0.2) is 41.7 Å². The number of benzene rings is 2. The van der Waals surface area contributed by atoms with Gasteiger partial charge in [0.05, 0.1) is 24.9 Å². The molecule has 0 spiro atoms. The van der Waals surface area contributed by atoms with Crippen molar-refractivity contribution in [2.75, 3.05) is 7.11 Å². The molecular weight excluding hydrogens is 396 g/mol. The van der Waals surface area contributed by atoms with Gasteiger partial charge in [-0.2, -0.15) is 0 Å². The summed E-state index contributed by atoms with van der Waals surface area (Å²) in [5.41, 5.74) is 7.65. The van der Waals surface area contributed by atoms with E-state index in [1.54, 1.807) is 49.6 Å². The lowest BCUT2D eigenvalue weighted by atomic mass is 10.00. The van der Waals surface area contributed by atoms with Crippen LogP contribution < -0.4 is 15.6 Å². The zero-order valence-electron chi connectivity index (χ0n) is 15.8. The van der Waals surface area contributed by atoms with Gasteiger partial charge in [-0.3, -0.25) is 25.4 Å². The first-order valence-corrected chi connectivity index (χ1v) is 9.10. The fourth-order valence-corrected chi connectivity index (χ4v) is 2.95. The highest BCUT2D eigenvalue weighted by Gasteiger charge is 2.26. The zero-order valence-corrected chi connectivity index (χ0v) is 16.5. The summed E-state index contributed by atoms with van der Waals surface area (Å²) in [6.07, 6.45) is -0.312. The number of ether oxygens (including phenoxy) is 1. The van der Waals surface area contributed by atoms with Crippen LogP contribution in [0.4, 0.5) is 5.69 Å². The highest BCUT2D eigenvalue weighted by atomic mass is 35.5. The number of nitrogens with one attached hydrogen (secondary N) is 2. The lowest BCUT2D eigenvalue weighted by Crippen LogP contribution is -2.45. The number of amidine groups is 1. The number of hydrazine groups is 1. The first kappa shape index (κ1) is 20.3. The summed E-state index contributed by atoms with van der Waals surface area (Å²) in [5, 5.41) is 9.94. The standard InChI is InChI=1S/C20H19ClN4O4/c1-11(26)24-25-20-17(10-18(27)28)22-19(12-3-5-13(21)6-4-12)15-9-14(29-2)7-8-16(15)23-20/h3-9,17H,10H2,1-2H3,(H,23,25)(H,24,26)(H,27,28). The molecule has 2 aromatic rings. The molecule has 2 aromatic carbocycles. The molecule has 0 saturated carbocycles. The number of carboxylic acids is 1. The molecule has 1 aliphatic heterocycles. The second kappa shape index (κ2) is 8.74. The van der Waals surface area contributed by atoms with Crippen LogP contribution in [0.25, 0.3) is 0 Å². The minimum atomic E-state index is -1.05. The Morgan fingerprint density at radius 1 is 1.21 bits per heavy atom. The third-order valence-corrected chi connectivity index (χ3v) is 4.40. The van der Waals surface area contributed by atoms with E-state index in [4.69, 9.17) is 16.3 Å². The fourth-order valence-electron chi connectivity index (χ4n) is 2.83. The van der Waals surface area contributed by atoms with Gasteiger partial charge in [-0.15, -0.1) is 0 Å². The van der Waals surface area contributed by atoms with Crippen molar-refractivity contribution in [3.8, 4) is 5.75 Å². The quantitative estimate of drug-likeness (QED) is 0.666. The van der Waals surface area contributed by atoms with Crippen molar-refractivity contribution in [1.29, 1.82) is 0 Å². The number of rotatable bonds is 4. The van der Waals surface area contributed by atoms with E-state index in [1.807, 2.05) is 0 Å². The maximum Gasteiger partial charge on any atom is 0.306 e. The van der Waals surface area contributed by atoms with Crippen LogP contribution in [0.2, 0.25) is 5.02 Å². The number of carbonyl (C=O) groups is 2. The lowest BCUT2D eigenvalue weighted by molar-refractivity contribution is -0.137. The van der Waals surface area contributed by atoms with Gasteiger partial charge in [0.25, 0.3) is 0 Å². The Kier molecular flexibility index (Phi) is 6.13. The highest BCUT2D eigenvalue weighted by molar-refractivity contribution is 6.30. The van der Waals surface area contributed by atoms with E-state index in [-0.39, 0.29) is 18.2 Å². The molecule has 8 nitrogen and oxygen atoms in total. The molecule has 0 aromatic heterocycles. The molecule has 3 rings (SSSR count). The van der Waals surface area contributed by atoms with E-state index in [2.05, 4.69) is 20.8 Å². The second-order valence-electron chi connectivity index (χ2n) is 6.28. The number of aliphatic carboxylic acids is 1. The van der Waals surface area contributed by atoms with Crippen molar-refractivity contribution >= 4 is 40.7 Å². The van der Waals surface area contributed by atoms with Crippen LogP contribution >= 0.6 is 11.6 Å². The fraction of sp³-hybridized carbons (Fsp3) is 0.200. The molecule has 29 heavy (non-hydrogen) atoms. The molecule has 150 valence electrons. The van der Waals surface area contributed by atoms with Gasteiger partial charge in [0.15, 0.2) is 0 Å². The van der Waals surface area contributed by atoms with Crippen LogP contribution in [0, 0.1) is 0 Å². The average molecular weight is 415 g/mol. The summed E-state index contributed by atoms with van der Waals surface area (Å²) in [6, 6.07) is 11.5. The third kappa shape index (κ3) is 4.91. The van der Waals surface area contributed by atoms with E-state index in [1.165, 1.54) is 6.92 Å². The monoisotopic (exact) mass is 414 g/mol. The average Bonchev–Trinajstić information content (AvgIpc) is 2.83. The number of carboxylic acid groups (broad SMARTS) is 1. The number of aliphatic imine (C=N–C) groups is 2. The normalized spacial score (nSPS) is 15.3. The molecule has 0 aliphatic carbocycles. The Labute approximate surface area is 172 Å². The molecule has 1 aliphatic rings. The molecular formula is C20H19ClN4O4. The third-order valence-electron chi connectivity index (χ3n) is 4.15. The molecule has 1 heterocycles. The predicted octanol–water partition coefficient (Wildman–Crippen LogP) is 2.71. The number of nitrogens with zero attached hydrogens (tertiary/aromatic N) is 2. The Morgan fingerprint density at radius 3 is 2.55 bits per heavy atom. The van der Waals surface area contributed by atoms with Crippen LogP contribution in [0.15, 0.2) is 52.4 Å². The molecule has 9 heteroatoms. The Hall–Kier alpha value is -3.39. The van der Waals surface area contributed by atoms with Gasteiger partial charge in [0, 0.05) is 23.1 Å². The second-order valence-corrected chi connectivity index (χ2v) is 6.72. The first-order chi connectivity index (χ1) is 13.9. The van der Waals surface area contributed by atoms with E-state index < -0.39 is 12.0 Å². The van der Waals surface area contributed by atoms with Crippen LogP contribution in [0.5, 0.6) is 5.75 Å². The number of amides is 1. The molecule has 0 radical (unpaired) electrons. The Bertz CT molecular complexity index is 1000. The summed E-state index contributed by atoms with van der Waals surface area (Å²) < 4.78 is 5.33. The van der Waals surface area contributed by atoms with Crippen molar-refractivity contribution in [2.24, 2.45) is 9.98 Å². The Morgan fingerprint density at radius 2 is 1.93 bits per heavy atom. The van der Waals surface area contributed by atoms with E-state index in [0.717, 1.165) is 5.56 Å².